The van der Waals surface area contributed by atoms with Crippen molar-refractivity contribution in [1.82, 2.24) is 24.6 Å². The summed E-state index contributed by atoms with van der Waals surface area (Å²) in [5, 5.41) is 9.22. The largest absolute Gasteiger partial charge is 0.403 e. The minimum absolute atomic E-state index is 0.0407. The van der Waals surface area contributed by atoms with Crippen molar-refractivity contribution in [2.45, 2.75) is 63.8 Å². The Labute approximate surface area is 189 Å². The summed E-state index contributed by atoms with van der Waals surface area (Å²) >= 11 is 6.19. The molecular formula is C22H25ClF3N5O. The van der Waals surface area contributed by atoms with Gasteiger partial charge in [-0.25, -0.2) is 0 Å². The molecule has 3 aliphatic rings. The number of nitrogens with zero attached hydrogens (tertiary/aromatic N) is 5. The first-order chi connectivity index (χ1) is 15.2. The maximum Gasteiger partial charge on any atom is 0.403 e. The van der Waals surface area contributed by atoms with E-state index in [-0.39, 0.29) is 30.8 Å². The second kappa shape index (κ2) is 8.02. The lowest BCUT2D eigenvalue weighted by Gasteiger charge is -2.32. The molecule has 0 radical (unpaired) electrons. The molecule has 0 N–H and O–H groups in total. The average Bonchev–Trinajstić information content (AvgIpc) is 3.55. The third-order valence-corrected chi connectivity index (χ3v) is 7.11. The highest BCUT2D eigenvalue weighted by atomic mass is 35.5. The van der Waals surface area contributed by atoms with Crippen LogP contribution in [0.5, 0.6) is 0 Å². The molecule has 32 heavy (non-hydrogen) atoms. The fourth-order valence-corrected chi connectivity index (χ4v) is 4.94. The molecule has 0 spiro atoms. The van der Waals surface area contributed by atoms with E-state index in [1.54, 1.807) is 12.1 Å². The Balaban J connectivity index is 1.46. The number of likely N-dealkylation sites (tertiary alicyclic amines) is 1. The Hall–Kier alpha value is -2.13. The van der Waals surface area contributed by atoms with Gasteiger partial charge in [0.05, 0.1) is 12.2 Å². The fraction of sp³-hybridized carbons (Fsp3) is 0.591. The lowest BCUT2D eigenvalue weighted by atomic mass is 9.95. The smallest absolute Gasteiger partial charge is 0.342 e. The summed E-state index contributed by atoms with van der Waals surface area (Å²) in [5.74, 6) is 1.79. The molecule has 10 heteroatoms. The van der Waals surface area contributed by atoms with Crippen molar-refractivity contribution in [2.75, 3.05) is 13.1 Å². The lowest BCUT2D eigenvalue weighted by Crippen LogP contribution is -2.42. The molecule has 1 amide bonds. The number of rotatable bonds is 3. The van der Waals surface area contributed by atoms with Crippen LogP contribution in [0.2, 0.25) is 5.02 Å². The summed E-state index contributed by atoms with van der Waals surface area (Å²) in [6, 6.07) is 3.68. The van der Waals surface area contributed by atoms with Gasteiger partial charge in [-0.1, -0.05) is 11.6 Å². The van der Waals surface area contributed by atoms with Crippen LogP contribution in [-0.4, -0.2) is 55.8 Å². The van der Waals surface area contributed by atoms with E-state index in [1.807, 2.05) is 15.5 Å². The molecule has 1 atom stereocenters. The van der Waals surface area contributed by atoms with Crippen molar-refractivity contribution in [3.05, 3.63) is 40.4 Å². The first-order valence-electron chi connectivity index (χ1n) is 11.0. The Morgan fingerprint density at radius 2 is 1.84 bits per heavy atom. The molecule has 2 aromatic rings. The van der Waals surface area contributed by atoms with Gasteiger partial charge in [0.1, 0.15) is 11.9 Å². The predicted octanol–water partition coefficient (Wildman–Crippen LogP) is 4.30. The van der Waals surface area contributed by atoms with Gasteiger partial charge >= 0.3 is 6.18 Å². The van der Waals surface area contributed by atoms with Gasteiger partial charge in [-0.15, -0.1) is 10.2 Å². The van der Waals surface area contributed by atoms with E-state index in [2.05, 4.69) is 10.2 Å². The molecule has 1 aromatic carbocycles. The number of aromatic nitrogens is 3. The maximum absolute atomic E-state index is 13.5. The SMILES string of the molecule is CC(N1Cc2cc(Cl)ccc2-n2c(nnc2C2CCN(C(=O)C3CC3)CC2)C1)C(F)(F)F. The molecule has 2 fully saturated rings. The van der Waals surface area contributed by atoms with Crippen LogP contribution < -0.4 is 0 Å². The van der Waals surface area contributed by atoms with Crippen LogP contribution in [0.25, 0.3) is 5.69 Å². The van der Waals surface area contributed by atoms with Crippen molar-refractivity contribution in [3.8, 4) is 5.69 Å². The van der Waals surface area contributed by atoms with E-state index in [1.165, 1.54) is 11.8 Å². The molecule has 1 saturated heterocycles. The number of alkyl halides is 3. The van der Waals surface area contributed by atoms with E-state index in [0.717, 1.165) is 42.8 Å². The number of fused-ring (bicyclic) bond motifs is 3. The summed E-state index contributed by atoms with van der Waals surface area (Å²) in [4.78, 5) is 15.7. The van der Waals surface area contributed by atoms with E-state index < -0.39 is 12.2 Å². The molecule has 172 valence electrons. The van der Waals surface area contributed by atoms with Gasteiger partial charge in [-0.3, -0.25) is 14.3 Å². The zero-order valence-electron chi connectivity index (χ0n) is 17.8. The van der Waals surface area contributed by atoms with Gasteiger partial charge in [-0.2, -0.15) is 13.2 Å². The first kappa shape index (κ1) is 21.7. The van der Waals surface area contributed by atoms with Crippen molar-refractivity contribution >= 4 is 17.5 Å². The van der Waals surface area contributed by atoms with Crippen LogP contribution in [0, 0.1) is 5.92 Å². The second-order valence-electron chi connectivity index (χ2n) is 9.08. The minimum atomic E-state index is -4.35. The van der Waals surface area contributed by atoms with Crippen molar-refractivity contribution < 1.29 is 18.0 Å². The Bertz CT molecular complexity index is 1030. The molecule has 1 aromatic heterocycles. The number of amides is 1. The summed E-state index contributed by atoms with van der Waals surface area (Å²) in [6.45, 7) is 2.68. The van der Waals surface area contributed by atoms with Crippen molar-refractivity contribution in [1.29, 1.82) is 0 Å². The Kier molecular flexibility index (Phi) is 5.44. The number of hydrogen-bond acceptors (Lipinski definition) is 4. The molecule has 5 rings (SSSR count). The fourth-order valence-electron chi connectivity index (χ4n) is 4.74. The quantitative estimate of drug-likeness (QED) is 0.675. The zero-order chi connectivity index (χ0) is 22.6. The van der Waals surface area contributed by atoms with Gasteiger partial charge in [-0.05, 0) is 56.4 Å². The van der Waals surface area contributed by atoms with Gasteiger partial charge < -0.3 is 4.90 Å². The minimum Gasteiger partial charge on any atom is -0.342 e. The summed E-state index contributed by atoms with van der Waals surface area (Å²) in [6.07, 6.45) is -0.840. The highest BCUT2D eigenvalue weighted by molar-refractivity contribution is 6.30. The number of carbonyl (C=O) groups is 1. The lowest BCUT2D eigenvalue weighted by molar-refractivity contribution is -0.182. The van der Waals surface area contributed by atoms with Crippen LogP contribution in [0.4, 0.5) is 13.2 Å². The van der Waals surface area contributed by atoms with Crippen molar-refractivity contribution in [3.63, 3.8) is 0 Å². The molecule has 2 aliphatic heterocycles. The summed E-state index contributed by atoms with van der Waals surface area (Å²) < 4.78 is 42.5. The van der Waals surface area contributed by atoms with E-state index in [0.29, 0.717) is 23.9 Å². The molecule has 0 bridgehead atoms. The number of piperidine rings is 1. The number of benzene rings is 1. The summed E-state index contributed by atoms with van der Waals surface area (Å²) in [5.41, 5.74) is 1.49. The van der Waals surface area contributed by atoms with Crippen LogP contribution in [0.3, 0.4) is 0 Å². The normalized spacial score (nSPS) is 21.1. The highest BCUT2D eigenvalue weighted by Crippen LogP contribution is 2.37. The first-order valence-corrected chi connectivity index (χ1v) is 11.4. The van der Waals surface area contributed by atoms with Gasteiger partial charge in [0.2, 0.25) is 5.91 Å². The maximum atomic E-state index is 13.5. The van der Waals surface area contributed by atoms with E-state index in [4.69, 9.17) is 11.6 Å². The van der Waals surface area contributed by atoms with Crippen LogP contribution in [-0.2, 0) is 17.9 Å². The van der Waals surface area contributed by atoms with E-state index >= 15 is 0 Å². The van der Waals surface area contributed by atoms with Crippen LogP contribution in [0.15, 0.2) is 18.2 Å². The molecule has 1 saturated carbocycles. The molecule has 1 unspecified atom stereocenters. The zero-order valence-corrected chi connectivity index (χ0v) is 18.5. The average molecular weight is 468 g/mol. The van der Waals surface area contributed by atoms with Gasteiger partial charge in [0.25, 0.3) is 0 Å². The molecule has 6 nitrogen and oxygen atoms in total. The number of carbonyl (C=O) groups excluding carboxylic acids is 1. The monoisotopic (exact) mass is 467 g/mol. The highest BCUT2D eigenvalue weighted by Gasteiger charge is 2.42. The van der Waals surface area contributed by atoms with Gasteiger partial charge in [0.15, 0.2) is 5.82 Å². The Morgan fingerprint density at radius 3 is 2.50 bits per heavy atom. The third kappa shape index (κ3) is 4.01. The summed E-state index contributed by atoms with van der Waals surface area (Å²) in [7, 11) is 0. The van der Waals surface area contributed by atoms with Gasteiger partial charge in [0, 0.05) is 36.5 Å². The second-order valence-corrected chi connectivity index (χ2v) is 9.52. The third-order valence-electron chi connectivity index (χ3n) is 6.88. The van der Waals surface area contributed by atoms with E-state index in [9.17, 15) is 18.0 Å². The van der Waals surface area contributed by atoms with Crippen molar-refractivity contribution in [2.24, 2.45) is 5.92 Å². The molecule has 1 aliphatic carbocycles. The standard InChI is InChI=1S/C22H25ClF3N5O/c1-13(22(24,25)26)30-11-16-10-17(23)4-5-18(16)31-19(12-30)27-28-20(31)14-6-8-29(9-7-14)21(32)15-2-3-15/h4-5,10,13-15H,2-3,6-9,11-12H2,1H3. The number of hydrogen-bond donors (Lipinski definition) is 0. The Morgan fingerprint density at radius 1 is 1.12 bits per heavy atom. The predicted molar refractivity (Wildman–Crippen MR) is 112 cm³/mol. The topological polar surface area (TPSA) is 54.3 Å². The van der Waals surface area contributed by atoms with Crippen LogP contribution >= 0.6 is 11.6 Å². The molecular weight excluding hydrogens is 443 g/mol. The van der Waals surface area contributed by atoms with Crippen LogP contribution in [0.1, 0.15) is 55.7 Å². The molecule has 3 heterocycles. The number of halogens is 4.